The van der Waals surface area contributed by atoms with Crippen LogP contribution >= 0.6 is 15.9 Å². The van der Waals surface area contributed by atoms with Crippen molar-refractivity contribution in [1.82, 2.24) is 4.90 Å². The molecule has 1 aliphatic carbocycles. The molecular weight excluding hydrogens is 332 g/mol. The average molecular weight is 355 g/mol. The zero-order valence-electron chi connectivity index (χ0n) is 12.4. The van der Waals surface area contributed by atoms with Crippen molar-refractivity contribution in [3.05, 3.63) is 28.2 Å². The van der Waals surface area contributed by atoms with E-state index in [2.05, 4.69) is 26.1 Å². The number of aliphatic hydroxyl groups is 1. The quantitative estimate of drug-likeness (QED) is 0.825. The molecule has 1 aromatic rings. The smallest absolute Gasteiger partial charge is 0.238 e. The average Bonchev–Trinajstić information content (AvgIpc) is 2.95. The second-order valence-corrected chi connectivity index (χ2v) is 6.56. The Labute approximate surface area is 134 Å². The highest BCUT2D eigenvalue weighted by atomic mass is 79.9. The van der Waals surface area contributed by atoms with E-state index in [1.165, 1.54) is 12.8 Å². The summed E-state index contributed by atoms with van der Waals surface area (Å²) in [6, 6.07) is 6.25. The van der Waals surface area contributed by atoms with E-state index in [9.17, 15) is 9.90 Å². The molecule has 1 aliphatic rings. The van der Waals surface area contributed by atoms with E-state index in [0.29, 0.717) is 19.1 Å². The van der Waals surface area contributed by atoms with Crippen LogP contribution in [0.15, 0.2) is 22.7 Å². The summed E-state index contributed by atoms with van der Waals surface area (Å²) in [5, 5.41) is 12.2. The van der Waals surface area contributed by atoms with E-state index in [1.807, 2.05) is 25.1 Å². The molecule has 0 unspecified atom stereocenters. The molecule has 1 amide bonds. The zero-order chi connectivity index (χ0) is 15.2. The molecule has 0 aromatic heterocycles. The summed E-state index contributed by atoms with van der Waals surface area (Å²) in [6.45, 7) is 2.99. The van der Waals surface area contributed by atoms with E-state index < -0.39 is 0 Å². The molecule has 116 valence electrons. The van der Waals surface area contributed by atoms with Gasteiger partial charge < -0.3 is 10.4 Å². The molecule has 1 fully saturated rings. The molecule has 0 atom stereocenters. The molecule has 0 aliphatic heterocycles. The Hall–Kier alpha value is -0.910. The molecule has 0 radical (unpaired) electrons. The summed E-state index contributed by atoms with van der Waals surface area (Å²) in [7, 11) is 0. The zero-order valence-corrected chi connectivity index (χ0v) is 14.0. The molecule has 0 bridgehead atoms. The number of amides is 1. The van der Waals surface area contributed by atoms with Gasteiger partial charge in [-0.15, -0.1) is 0 Å². The van der Waals surface area contributed by atoms with E-state index in [4.69, 9.17) is 0 Å². The van der Waals surface area contributed by atoms with E-state index in [1.54, 1.807) is 0 Å². The van der Waals surface area contributed by atoms with Gasteiger partial charge in [0.05, 0.1) is 13.2 Å². The summed E-state index contributed by atoms with van der Waals surface area (Å²) in [4.78, 5) is 14.4. The van der Waals surface area contributed by atoms with Crippen molar-refractivity contribution < 1.29 is 9.90 Å². The lowest BCUT2D eigenvalue weighted by molar-refractivity contribution is -0.118. The second kappa shape index (κ2) is 7.92. The van der Waals surface area contributed by atoms with Gasteiger partial charge in [0.25, 0.3) is 0 Å². The summed E-state index contributed by atoms with van der Waals surface area (Å²) < 4.78 is 1.01. The fourth-order valence-electron chi connectivity index (χ4n) is 2.93. The first-order valence-electron chi connectivity index (χ1n) is 7.51. The van der Waals surface area contributed by atoms with Crippen LogP contribution in [0, 0.1) is 6.92 Å². The van der Waals surface area contributed by atoms with Crippen molar-refractivity contribution in [2.45, 2.75) is 38.6 Å². The molecule has 4 nitrogen and oxygen atoms in total. The maximum Gasteiger partial charge on any atom is 0.238 e. The first kappa shape index (κ1) is 16.5. The van der Waals surface area contributed by atoms with Gasteiger partial charge in [0, 0.05) is 22.7 Å². The van der Waals surface area contributed by atoms with Gasteiger partial charge in [0.15, 0.2) is 0 Å². The largest absolute Gasteiger partial charge is 0.395 e. The summed E-state index contributed by atoms with van der Waals surface area (Å²) >= 11 is 3.42. The Morgan fingerprint density at radius 2 is 2.14 bits per heavy atom. The minimum absolute atomic E-state index is 0.0132. The molecule has 2 N–H and O–H groups in total. The number of carbonyl (C=O) groups is 1. The van der Waals surface area contributed by atoms with Gasteiger partial charge in [0.1, 0.15) is 0 Å². The minimum atomic E-state index is -0.0132. The number of benzene rings is 1. The third-order valence-electron chi connectivity index (χ3n) is 4.04. The summed E-state index contributed by atoms with van der Waals surface area (Å²) in [5.41, 5.74) is 1.88. The Kier molecular flexibility index (Phi) is 6.21. The third kappa shape index (κ3) is 4.80. The van der Waals surface area contributed by atoms with E-state index in [0.717, 1.165) is 28.6 Å². The Morgan fingerprint density at radius 1 is 1.43 bits per heavy atom. The molecule has 21 heavy (non-hydrogen) atoms. The van der Waals surface area contributed by atoms with Crippen LogP contribution in [-0.4, -0.2) is 41.7 Å². The Morgan fingerprint density at radius 3 is 2.76 bits per heavy atom. The van der Waals surface area contributed by atoms with Crippen LogP contribution in [-0.2, 0) is 4.79 Å². The van der Waals surface area contributed by atoms with Gasteiger partial charge in [-0.2, -0.15) is 0 Å². The van der Waals surface area contributed by atoms with Gasteiger partial charge in [-0.25, -0.2) is 0 Å². The van der Waals surface area contributed by atoms with Crippen molar-refractivity contribution in [1.29, 1.82) is 0 Å². The molecule has 2 rings (SSSR count). The number of nitrogens with one attached hydrogen (secondary N) is 1. The number of hydrogen-bond donors (Lipinski definition) is 2. The second-order valence-electron chi connectivity index (χ2n) is 5.64. The lowest BCUT2D eigenvalue weighted by atomic mass is 10.2. The monoisotopic (exact) mass is 354 g/mol. The third-order valence-corrected chi connectivity index (χ3v) is 4.53. The number of carbonyl (C=O) groups excluding carboxylic acids is 1. The van der Waals surface area contributed by atoms with Crippen LogP contribution < -0.4 is 5.32 Å². The molecule has 5 heteroatoms. The number of aliphatic hydroxyl groups excluding tert-OH is 1. The number of anilines is 1. The molecule has 1 saturated carbocycles. The Bertz CT molecular complexity index is 487. The van der Waals surface area contributed by atoms with Gasteiger partial charge in [-0.1, -0.05) is 28.8 Å². The van der Waals surface area contributed by atoms with Crippen molar-refractivity contribution in [2.24, 2.45) is 0 Å². The number of nitrogens with zero attached hydrogens (tertiary/aromatic N) is 1. The van der Waals surface area contributed by atoms with Gasteiger partial charge in [-0.05, 0) is 43.5 Å². The fraction of sp³-hybridized carbons (Fsp3) is 0.562. The summed E-state index contributed by atoms with van der Waals surface area (Å²) in [6.07, 6.45) is 4.70. The molecule has 0 spiro atoms. The van der Waals surface area contributed by atoms with Crippen molar-refractivity contribution >= 4 is 27.5 Å². The van der Waals surface area contributed by atoms with Crippen LogP contribution in [0.25, 0.3) is 0 Å². The SMILES string of the molecule is Cc1cc(Br)ccc1NC(=O)CN(CCO)C1CCCC1. The number of hydrogen-bond acceptors (Lipinski definition) is 3. The van der Waals surface area contributed by atoms with Gasteiger partial charge in [-0.3, -0.25) is 9.69 Å². The minimum Gasteiger partial charge on any atom is -0.395 e. The highest BCUT2D eigenvalue weighted by Gasteiger charge is 2.24. The predicted molar refractivity (Wildman–Crippen MR) is 88.4 cm³/mol. The predicted octanol–water partition coefficient (Wildman–Crippen LogP) is 2.93. The topological polar surface area (TPSA) is 52.6 Å². The Balaban J connectivity index is 1.95. The van der Waals surface area contributed by atoms with Gasteiger partial charge in [0.2, 0.25) is 5.91 Å². The maximum absolute atomic E-state index is 12.2. The van der Waals surface area contributed by atoms with Crippen LogP contribution in [0.5, 0.6) is 0 Å². The van der Waals surface area contributed by atoms with Gasteiger partial charge >= 0.3 is 0 Å². The van der Waals surface area contributed by atoms with Crippen LogP contribution in [0.1, 0.15) is 31.2 Å². The lowest BCUT2D eigenvalue weighted by Crippen LogP contribution is -2.41. The van der Waals surface area contributed by atoms with E-state index >= 15 is 0 Å². The van der Waals surface area contributed by atoms with E-state index in [-0.39, 0.29) is 12.5 Å². The summed E-state index contributed by atoms with van der Waals surface area (Å²) in [5.74, 6) is -0.0132. The molecular formula is C16H23BrN2O2. The first-order chi connectivity index (χ1) is 10.1. The van der Waals surface area contributed by atoms with Crippen molar-refractivity contribution in [3.8, 4) is 0 Å². The normalized spacial score (nSPS) is 15.6. The standard InChI is InChI=1S/C16H23BrN2O2/c1-12-10-13(17)6-7-15(12)18-16(21)11-19(8-9-20)14-4-2-3-5-14/h6-7,10,14,20H,2-5,8-9,11H2,1H3,(H,18,21). The maximum atomic E-state index is 12.2. The van der Waals surface area contributed by atoms with Crippen LogP contribution in [0.4, 0.5) is 5.69 Å². The molecule has 0 saturated heterocycles. The first-order valence-corrected chi connectivity index (χ1v) is 8.30. The van der Waals surface area contributed by atoms with Crippen molar-refractivity contribution in [2.75, 3.05) is 25.0 Å². The number of rotatable bonds is 6. The molecule has 1 aromatic carbocycles. The highest BCUT2D eigenvalue weighted by molar-refractivity contribution is 9.10. The fourth-order valence-corrected chi connectivity index (χ4v) is 3.41. The lowest BCUT2D eigenvalue weighted by Gasteiger charge is -2.27. The highest BCUT2D eigenvalue weighted by Crippen LogP contribution is 2.24. The molecule has 0 heterocycles. The number of halogens is 1. The van der Waals surface area contributed by atoms with Crippen LogP contribution in [0.3, 0.4) is 0 Å². The van der Waals surface area contributed by atoms with Crippen LogP contribution in [0.2, 0.25) is 0 Å². The van der Waals surface area contributed by atoms with Crippen molar-refractivity contribution in [3.63, 3.8) is 0 Å². The number of aryl methyl sites for hydroxylation is 1.